The van der Waals surface area contributed by atoms with Gasteiger partial charge in [-0.1, -0.05) is 25.1 Å². The number of hydrogen-bond donors (Lipinski definition) is 2. The molecule has 0 aliphatic heterocycles. The smallest absolute Gasteiger partial charge is 0.191 e. The quantitative estimate of drug-likeness (QED) is 0.335. The molecule has 0 unspecified atom stereocenters. The van der Waals surface area contributed by atoms with Crippen molar-refractivity contribution in [2.75, 3.05) is 20.8 Å². The summed E-state index contributed by atoms with van der Waals surface area (Å²) in [7, 11) is 3.25. The van der Waals surface area contributed by atoms with Crippen LogP contribution in [0.5, 0.6) is 11.5 Å². The monoisotopic (exact) mass is 488 g/mol. The van der Waals surface area contributed by atoms with Gasteiger partial charge in [-0.25, -0.2) is 4.99 Å². The summed E-state index contributed by atoms with van der Waals surface area (Å²) >= 11 is 0. The molecule has 0 saturated carbocycles. The van der Waals surface area contributed by atoms with E-state index in [1.54, 1.807) is 14.2 Å². The minimum Gasteiger partial charge on any atom is -0.493 e. The highest BCUT2D eigenvalue weighted by molar-refractivity contribution is 14.0. The Morgan fingerprint density at radius 2 is 1.89 bits per heavy atom. The van der Waals surface area contributed by atoms with Gasteiger partial charge in [-0.3, -0.25) is 0 Å². The number of aliphatic imine (C=N–C) groups is 1. The molecule has 0 fully saturated rings. The molecule has 2 aromatic rings. The molecule has 1 heterocycles. The molecule has 2 rings (SSSR count). The molecule has 2 N–H and O–H groups in total. The van der Waals surface area contributed by atoms with Crippen LogP contribution < -0.4 is 20.1 Å². The van der Waals surface area contributed by atoms with E-state index in [1.165, 1.54) is 0 Å². The third kappa shape index (κ3) is 6.93. The van der Waals surface area contributed by atoms with E-state index in [0.29, 0.717) is 36.5 Å². The number of aromatic nitrogens is 1. The van der Waals surface area contributed by atoms with E-state index in [0.717, 1.165) is 23.6 Å². The topological polar surface area (TPSA) is 80.9 Å². The lowest BCUT2D eigenvalue weighted by Gasteiger charge is -2.11. The second-order valence-electron chi connectivity index (χ2n) is 6.11. The maximum Gasteiger partial charge on any atom is 0.191 e. The first-order valence-electron chi connectivity index (χ1n) is 8.75. The molecule has 8 heteroatoms. The van der Waals surface area contributed by atoms with E-state index in [4.69, 9.17) is 14.0 Å². The van der Waals surface area contributed by atoms with Gasteiger partial charge < -0.3 is 24.6 Å². The summed E-state index contributed by atoms with van der Waals surface area (Å²) in [6.07, 6.45) is 0. The van der Waals surface area contributed by atoms with Gasteiger partial charge in [-0.2, -0.15) is 0 Å². The van der Waals surface area contributed by atoms with Crippen molar-refractivity contribution in [1.82, 2.24) is 15.8 Å². The van der Waals surface area contributed by atoms with Crippen LogP contribution in [0.4, 0.5) is 0 Å². The largest absolute Gasteiger partial charge is 0.493 e. The first-order chi connectivity index (χ1) is 12.6. The Balaban J connectivity index is 0.00000364. The van der Waals surface area contributed by atoms with Gasteiger partial charge in [0.25, 0.3) is 0 Å². The van der Waals surface area contributed by atoms with Crippen molar-refractivity contribution < 1.29 is 14.0 Å². The molecule has 7 nitrogen and oxygen atoms in total. The number of benzene rings is 1. The van der Waals surface area contributed by atoms with Crippen molar-refractivity contribution in [3.63, 3.8) is 0 Å². The Morgan fingerprint density at radius 3 is 2.48 bits per heavy atom. The van der Waals surface area contributed by atoms with Crippen LogP contribution in [0.1, 0.15) is 43.7 Å². The first-order valence-corrected chi connectivity index (χ1v) is 8.75. The van der Waals surface area contributed by atoms with Crippen LogP contribution >= 0.6 is 24.0 Å². The van der Waals surface area contributed by atoms with Crippen molar-refractivity contribution in [2.24, 2.45) is 4.99 Å². The van der Waals surface area contributed by atoms with Gasteiger partial charge in [0.05, 0.1) is 33.0 Å². The molecule has 0 radical (unpaired) electrons. The van der Waals surface area contributed by atoms with Gasteiger partial charge in [-0.05, 0) is 30.5 Å². The van der Waals surface area contributed by atoms with E-state index >= 15 is 0 Å². The Bertz CT molecular complexity index is 731. The van der Waals surface area contributed by atoms with Crippen molar-refractivity contribution in [1.29, 1.82) is 0 Å². The lowest BCUT2D eigenvalue weighted by atomic mass is 10.1. The summed E-state index contributed by atoms with van der Waals surface area (Å²) in [6.45, 7) is 8.01. The zero-order chi connectivity index (χ0) is 18.9. The van der Waals surface area contributed by atoms with Gasteiger partial charge in [-0.15, -0.1) is 24.0 Å². The number of halogens is 1. The van der Waals surface area contributed by atoms with E-state index in [9.17, 15) is 0 Å². The van der Waals surface area contributed by atoms with Crippen molar-refractivity contribution in [3.8, 4) is 11.5 Å². The highest BCUT2D eigenvalue weighted by Crippen LogP contribution is 2.27. The second kappa shape index (κ2) is 11.7. The van der Waals surface area contributed by atoms with Crippen LogP contribution in [0, 0.1) is 0 Å². The number of guanidine groups is 1. The average Bonchev–Trinajstić information content (AvgIpc) is 3.13. The zero-order valence-electron chi connectivity index (χ0n) is 16.5. The third-order valence-corrected chi connectivity index (χ3v) is 3.81. The number of methoxy groups -OCH3 is 2. The number of rotatable bonds is 8. The lowest BCUT2D eigenvalue weighted by Crippen LogP contribution is -2.36. The highest BCUT2D eigenvalue weighted by atomic mass is 127. The molecule has 0 saturated heterocycles. The summed E-state index contributed by atoms with van der Waals surface area (Å²) in [5.74, 6) is 3.24. The molecule has 0 aliphatic rings. The Kier molecular flexibility index (Phi) is 9.98. The fourth-order valence-corrected chi connectivity index (χ4v) is 2.35. The lowest BCUT2D eigenvalue weighted by molar-refractivity contribution is 0.354. The van der Waals surface area contributed by atoms with E-state index in [1.807, 2.05) is 31.2 Å². The fourth-order valence-electron chi connectivity index (χ4n) is 2.35. The van der Waals surface area contributed by atoms with Gasteiger partial charge in [0.15, 0.2) is 23.2 Å². The minimum atomic E-state index is 0. The normalized spacial score (nSPS) is 11.1. The van der Waals surface area contributed by atoms with E-state index in [2.05, 4.69) is 34.6 Å². The van der Waals surface area contributed by atoms with Crippen LogP contribution in [0.2, 0.25) is 0 Å². The molecular formula is C19H29IN4O3. The molecule has 1 aromatic carbocycles. The second-order valence-corrected chi connectivity index (χ2v) is 6.11. The summed E-state index contributed by atoms with van der Waals surface area (Å²) in [5, 5.41) is 10.6. The van der Waals surface area contributed by atoms with Crippen molar-refractivity contribution in [2.45, 2.75) is 39.8 Å². The van der Waals surface area contributed by atoms with Crippen LogP contribution in [0.3, 0.4) is 0 Å². The Hall–Kier alpha value is -1.97. The van der Waals surface area contributed by atoms with Crippen molar-refractivity contribution >= 4 is 29.9 Å². The van der Waals surface area contributed by atoms with Gasteiger partial charge in [0.1, 0.15) is 0 Å². The van der Waals surface area contributed by atoms with Crippen LogP contribution in [-0.2, 0) is 13.1 Å². The average molecular weight is 488 g/mol. The standard InChI is InChI=1S/C19H28N4O3.HI/c1-6-20-19(22-12-15-10-16(13(2)3)23-26-15)21-11-14-7-8-17(24-4)18(9-14)25-5;/h7-10,13H,6,11-12H2,1-5H3,(H2,20,21,22);1H. The first kappa shape index (κ1) is 23.1. The highest BCUT2D eigenvalue weighted by Gasteiger charge is 2.08. The molecule has 150 valence electrons. The SMILES string of the molecule is CCNC(=NCc1ccc(OC)c(OC)c1)NCc1cc(C(C)C)no1.I. The van der Waals surface area contributed by atoms with Crippen LogP contribution in [-0.4, -0.2) is 31.9 Å². The third-order valence-electron chi connectivity index (χ3n) is 3.81. The molecule has 0 spiro atoms. The fraction of sp³-hybridized carbons (Fsp3) is 0.474. The van der Waals surface area contributed by atoms with Crippen LogP contribution in [0.15, 0.2) is 33.8 Å². The van der Waals surface area contributed by atoms with E-state index < -0.39 is 0 Å². The number of nitrogens with one attached hydrogen (secondary N) is 2. The van der Waals surface area contributed by atoms with Gasteiger partial charge in [0.2, 0.25) is 0 Å². The molecule has 0 amide bonds. The maximum atomic E-state index is 5.35. The minimum absolute atomic E-state index is 0. The Morgan fingerprint density at radius 1 is 1.15 bits per heavy atom. The summed E-state index contributed by atoms with van der Waals surface area (Å²) in [4.78, 5) is 4.61. The predicted octanol–water partition coefficient (Wildman–Crippen LogP) is 3.69. The molecule has 1 aromatic heterocycles. The summed E-state index contributed by atoms with van der Waals surface area (Å²) < 4.78 is 15.9. The molecule has 0 atom stereocenters. The van der Waals surface area contributed by atoms with E-state index in [-0.39, 0.29) is 24.0 Å². The molecule has 0 bridgehead atoms. The number of hydrogen-bond acceptors (Lipinski definition) is 5. The van der Waals surface area contributed by atoms with Crippen LogP contribution in [0.25, 0.3) is 0 Å². The predicted molar refractivity (Wildman–Crippen MR) is 117 cm³/mol. The summed E-state index contributed by atoms with van der Waals surface area (Å²) in [6, 6.07) is 7.75. The zero-order valence-corrected chi connectivity index (χ0v) is 18.9. The summed E-state index contributed by atoms with van der Waals surface area (Å²) in [5.41, 5.74) is 1.98. The molecule has 27 heavy (non-hydrogen) atoms. The maximum absolute atomic E-state index is 5.35. The number of ether oxygens (including phenoxy) is 2. The van der Waals surface area contributed by atoms with Gasteiger partial charge >= 0.3 is 0 Å². The molecular weight excluding hydrogens is 459 g/mol. The van der Waals surface area contributed by atoms with Gasteiger partial charge in [0, 0.05) is 12.6 Å². The number of nitrogens with zero attached hydrogens (tertiary/aromatic N) is 2. The molecule has 0 aliphatic carbocycles. The Labute approximate surface area is 177 Å². The van der Waals surface area contributed by atoms with Crippen molar-refractivity contribution in [3.05, 3.63) is 41.3 Å².